The highest BCUT2D eigenvalue weighted by Gasteiger charge is 2.28. The lowest BCUT2D eigenvalue weighted by atomic mass is 10.0. The van der Waals surface area contributed by atoms with Gasteiger partial charge >= 0.3 is 0 Å². The van der Waals surface area contributed by atoms with Crippen LogP contribution in [0.15, 0.2) is 47.2 Å². The molecule has 11 heteroatoms. The zero-order valence-corrected chi connectivity index (χ0v) is 26.9. The number of benzene rings is 2. The molecule has 2 aromatic heterocycles. The van der Waals surface area contributed by atoms with Crippen molar-refractivity contribution in [2.45, 2.75) is 25.5 Å². The Morgan fingerprint density at radius 2 is 1.74 bits per heavy atom. The number of anilines is 3. The molecular weight excluding hydrogens is 610 g/mol. The predicted molar refractivity (Wildman–Crippen MR) is 175 cm³/mol. The molecule has 0 aliphatic carbocycles. The summed E-state index contributed by atoms with van der Waals surface area (Å²) in [4.78, 5) is 16.9. The minimum absolute atomic E-state index is 0.0295. The van der Waals surface area contributed by atoms with E-state index >= 15 is 0 Å². The molecule has 0 unspecified atom stereocenters. The number of nitrogens with zero attached hydrogens (tertiary/aromatic N) is 6. The summed E-state index contributed by atoms with van der Waals surface area (Å²) >= 11 is 3.65. The topological polar surface area (TPSA) is 91.2 Å². The quantitative estimate of drug-likeness (QED) is 0.277. The highest BCUT2D eigenvalue weighted by molar-refractivity contribution is 9.10. The molecule has 0 atom stereocenters. The smallest absolute Gasteiger partial charge is 0.227 e. The number of aromatic nitrogens is 3. The first kappa shape index (κ1) is 29.7. The van der Waals surface area contributed by atoms with E-state index in [1.54, 1.807) is 20.4 Å². The van der Waals surface area contributed by atoms with E-state index in [1.165, 1.54) is 0 Å². The monoisotopic (exact) mass is 649 g/mol. The maximum absolute atomic E-state index is 9.88. The number of halogens is 1. The van der Waals surface area contributed by atoms with Crippen LogP contribution in [0.3, 0.4) is 0 Å². The van der Waals surface area contributed by atoms with E-state index < -0.39 is 0 Å². The van der Waals surface area contributed by atoms with Gasteiger partial charge in [-0.3, -0.25) is 4.90 Å². The fourth-order valence-electron chi connectivity index (χ4n) is 6.49. The number of likely N-dealkylation sites (N-methyl/N-ethyl adjacent to an activating group) is 1. The number of ether oxygens (including phenoxy) is 2. The highest BCUT2D eigenvalue weighted by Crippen LogP contribution is 2.41. The van der Waals surface area contributed by atoms with Crippen molar-refractivity contribution in [2.75, 3.05) is 70.8 Å². The maximum atomic E-state index is 9.88. The fourth-order valence-corrected chi connectivity index (χ4v) is 6.90. The Balaban J connectivity index is 1.25. The van der Waals surface area contributed by atoms with E-state index in [9.17, 15) is 5.11 Å². The summed E-state index contributed by atoms with van der Waals surface area (Å²) in [5.74, 6) is 1.92. The molecule has 4 aromatic rings. The van der Waals surface area contributed by atoms with Crippen LogP contribution in [0.25, 0.3) is 22.2 Å². The Morgan fingerprint density at radius 3 is 2.44 bits per heavy atom. The van der Waals surface area contributed by atoms with E-state index in [4.69, 9.17) is 14.5 Å². The van der Waals surface area contributed by atoms with Gasteiger partial charge in [-0.15, -0.1) is 0 Å². The first-order valence-corrected chi connectivity index (χ1v) is 15.6. The van der Waals surface area contributed by atoms with E-state index in [0.717, 1.165) is 101 Å². The van der Waals surface area contributed by atoms with Gasteiger partial charge in [0.05, 0.1) is 47.9 Å². The molecule has 4 heterocycles. The summed E-state index contributed by atoms with van der Waals surface area (Å²) in [6, 6.07) is 10.6. The van der Waals surface area contributed by atoms with Gasteiger partial charge in [-0.25, -0.2) is 9.97 Å². The van der Waals surface area contributed by atoms with Gasteiger partial charge in [0.15, 0.2) is 0 Å². The van der Waals surface area contributed by atoms with Crippen molar-refractivity contribution in [3.05, 3.63) is 52.8 Å². The summed E-state index contributed by atoms with van der Waals surface area (Å²) in [5.41, 5.74) is 5.32. The van der Waals surface area contributed by atoms with Gasteiger partial charge in [0.25, 0.3) is 0 Å². The second-order valence-corrected chi connectivity index (χ2v) is 12.3. The number of hydrogen-bond acceptors (Lipinski definition) is 9. The van der Waals surface area contributed by atoms with Crippen molar-refractivity contribution in [3.63, 3.8) is 0 Å². The van der Waals surface area contributed by atoms with Gasteiger partial charge in [-0.2, -0.15) is 0 Å². The number of piperidine rings is 1. The molecule has 2 N–H and O–H groups in total. The molecule has 2 aromatic carbocycles. The van der Waals surface area contributed by atoms with Crippen molar-refractivity contribution in [2.24, 2.45) is 7.05 Å². The number of rotatable bonds is 8. The molecule has 0 spiro atoms. The molecule has 0 bridgehead atoms. The van der Waals surface area contributed by atoms with Crippen molar-refractivity contribution in [3.8, 4) is 22.8 Å². The molecule has 228 valence electrons. The summed E-state index contributed by atoms with van der Waals surface area (Å²) in [7, 11) is 7.58. The molecule has 10 nitrogen and oxygen atoms in total. The second kappa shape index (κ2) is 12.7. The number of fused-ring (bicyclic) bond motifs is 1. The molecule has 6 rings (SSSR count). The number of para-hydroxylation sites is 1. The standard InChI is InChI=1S/C32H40BrN7O3/c1-37-12-14-39(15-13-37)22-8-10-40(11-9-22)27-17-28(42-3)26(16-29(27)43-4)35-32-34-18-25(33)30(36-32)24-19-38(2)31-21(20-41)6-5-7-23(24)31/h5-7,16-19,22,41H,8-15,20H2,1-4H3,(H,34,35,36). The van der Waals surface area contributed by atoms with Crippen LogP contribution < -0.4 is 19.7 Å². The van der Waals surface area contributed by atoms with Crippen molar-refractivity contribution in [1.82, 2.24) is 24.3 Å². The molecule has 0 radical (unpaired) electrons. The molecule has 0 amide bonds. The molecule has 2 aliphatic rings. The summed E-state index contributed by atoms with van der Waals surface area (Å²) in [6.07, 6.45) is 6.06. The van der Waals surface area contributed by atoms with Crippen LogP contribution in [0.5, 0.6) is 11.5 Å². The van der Waals surface area contributed by atoms with Gasteiger partial charge < -0.3 is 34.3 Å². The lowest BCUT2D eigenvalue weighted by Gasteiger charge is -2.42. The third-order valence-corrected chi connectivity index (χ3v) is 9.44. The number of piperazine rings is 1. The van der Waals surface area contributed by atoms with E-state index in [0.29, 0.717) is 17.7 Å². The molecular formula is C32H40BrN7O3. The van der Waals surface area contributed by atoms with Crippen LogP contribution in [0.1, 0.15) is 18.4 Å². The molecule has 43 heavy (non-hydrogen) atoms. The first-order valence-electron chi connectivity index (χ1n) is 14.8. The molecule has 2 fully saturated rings. The Bertz CT molecular complexity index is 1590. The van der Waals surface area contributed by atoms with Gasteiger partial charge in [-0.1, -0.05) is 18.2 Å². The Hall–Kier alpha value is -3.38. The SMILES string of the molecule is COc1cc(N2CCC(N3CCN(C)CC3)CC2)c(OC)cc1Nc1ncc(Br)c(-c2cn(C)c3c(CO)cccc23)n1. The number of hydrogen-bond donors (Lipinski definition) is 2. The fraction of sp³-hybridized carbons (Fsp3) is 0.438. The Labute approximate surface area is 261 Å². The van der Waals surface area contributed by atoms with Crippen molar-refractivity contribution in [1.29, 1.82) is 0 Å². The lowest BCUT2D eigenvalue weighted by molar-refractivity contribution is 0.0981. The molecule has 2 aliphatic heterocycles. The van der Waals surface area contributed by atoms with Crippen LogP contribution in [0, 0.1) is 0 Å². The van der Waals surface area contributed by atoms with Crippen molar-refractivity contribution >= 4 is 44.2 Å². The van der Waals surface area contributed by atoms with Gasteiger partial charge in [-0.05, 0) is 35.8 Å². The van der Waals surface area contributed by atoms with Crippen LogP contribution in [0.2, 0.25) is 0 Å². The zero-order chi connectivity index (χ0) is 30.1. The summed E-state index contributed by atoms with van der Waals surface area (Å²) in [6.45, 7) is 6.53. The normalized spacial score (nSPS) is 17.0. The number of nitrogens with one attached hydrogen (secondary N) is 1. The minimum Gasteiger partial charge on any atom is -0.494 e. The molecule has 0 saturated carbocycles. The Kier molecular flexibility index (Phi) is 8.76. The average molecular weight is 651 g/mol. The van der Waals surface area contributed by atoms with Gasteiger partial charge in [0.1, 0.15) is 11.5 Å². The zero-order valence-electron chi connectivity index (χ0n) is 25.3. The van der Waals surface area contributed by atoms with Crippen LogP contribution in [-0.2, 0) is 13.7 Å². The van der Waals surface area contributed by atoms with Crippen LogP contribution >= 0.6 is 15.9 Å². The number of aliphatic hydroxyl groups excluding tert-OH is 1. The first-order chi connectivity index (χ1) is 20.9. The predicted octanol–water partition coefficient (Wildman–Crippen LogP) is 4.87. The largest absolute Gasteiger partial charge is 0.494 e. The number of aliphatic hydroxyl groups is 1. The summed E-state index contributed by atoms with van der Waals surface area (Å²) < 4.78 is 14.5. The van der Waals surface area contributed by atoms with Gasteiger partial charge in [0.2, 0.25) is 5.95 Å². The average Bonchev–Trinajstić information content (AvgIpc) is 3.38. The van der Waals surface area contributed by atoms with Crippen molar-refractivity contribution < 1.29 is 14.6 Å². The number of methoxy groups -OCH3 is 2. The van der Waals surface area contributed by atoms with Crippen LogP contribution in [-0.4, -0.2) is 96.0 Å². The van der Waals surface area contributed by atoms with E-state index in [2.05, 4.69) is 54.0 Å². The second-order valence-electron chi connectivity index (χ2n) is 11.4. The van der Waals surface area contributed by atoms with Gasteiger partial charge in [0, 0.05) is 93.4 Å². The highest BCUT2D eigenvalue weighted by atomic mass is 79.9. The third-order valence-electron chi connectivity index (χ3n) is 8.86. The summed E-state index contributed by atoms with van der Waals surface area (Å²) in [5, 5.41) is 14.3. The van der Waals surface area contributed by atoms with E-state index in [1.807, 2.05) is 42.1 Å². The Morgan fingerprint density at radius 1 is 1.00 bits per heavy atom. The van der Waals surface area contributed by atoms with Crippen LogP contribution in [0.4, 0.5) is 17.3 Å². The third kappa shape index (κ3) is 5.91. The van der Waals surface area contributed by atoms with E-state index in [-0.39, 0.29) is 6.61 Å². The number of aryl methyl sites for hydroxylation is 1. The maximum Gasteiger partial charge on any atom is 0.227 e. The lowest BCUT2D eigenvalue weighted by Crippen LogP contribution is -2.52. The molecule has 2 saturated heterocycles. The minimum atomic E-state index is -0.0295.